The number of hydrogen-bond donors (Lipinski definition) is 1. The number of rotatable bonds is 2. The van der Waals surface area contributed by atoms with Crippen LogP contribution in [0, 0.1) is 0 Å². The van der Waals surface area contributed by atoms with Crippen molar-refractivity contribution in [2.45, 2.75) is 0 Å². The molecule has 0 aromatic heterocycles. The normalized spacial score (nSPS) is 10.0. The van der Waals surface area contributed by atoms with Gasteiger partial charge in [-0.1, -0.05) is 0 Å². The predicted molar refractivity (Wildman–Crippen MR) is 69.3 cm³/mol. The van der Waals surface area contributed by atoms with Crippen molar-refractivity contribution >= 4 is 49.2 Å². The molecule has 86 valence electrons. The molecule has 1 amide bonds. The van der Waals surface area contributed by atoms with Crippen molar-refractivity contribution in [2.75, 3.05) is 19.8 Å². The maximum Gasteiger partial charge on any atom is 0.294 e. The number of nitrogen functional groups attached to an aromatic ring is 1. The van der Waals surface area contributed by atoms with Crippen LogP contribution in [-0.4, -0.2) is 30.7 Å². The Morgan fingerprint density at radius 3 is 2.00 bits per heavy atom. The topological polar surface area (TPSA) is 63.4 Å². The fraction of sp³-hybridized carbons (Fsp3) is 0.200. The van der Waals surface area contributed by atoms with Crippen LogP contribution in [0.15, 0.2) is 21.1 Å². The van der Waals surface area contributed by atoms with Gasteiger partial charge in [0, 0.05) is 28.6 Å². The smallest absolute Gasteiger partial charge is 0.294 e. The third kappa shape index (κ3) is 2.62. The first kappa shape index (κ1) is 13.2. The van der Waals surface area contributed by atoms with Crippen LogP contribution in [0.2, 0.25) is 0 Å². The van der Waals surface area contributed by atoms with E-state index in [2.05, 4.69) is 31.9 Å². The number of nitrogens with two attached hydrogens (primary N) is 1. The molecular weight excluding hydrogens is 340 g/mol. The SMILES string of the molecule is CN(C)C(=O)C(=O)c1cc(Br)c(N)c(Br)c1. The summed E-state index contributed by atoms with van der Waals surface area (Å²) < 4.78 is 1.16. The molecule has 2 N–H and O–H groups in total. The van der Waals surface area contributed by atoms with Crippen molar-refractivity contribution in [3.8, 4) is 0 Å². The number of nitrogens with zero attached hydrogens (tertiary/aromatic N) is 1. The lowest BCUT2D eigenvalue weighted by Gasteiger charge is -2.10. The average molecular weight is 350 g/mol. The van der Waals surface area contributed by atoms with E-state index in [4.69, 9.17) is 5.73 Å². The van der Waals surface area contributed by atoms with Crippen molar-refractivity contribution in [2.24, 2.45) is 0 Å². The molecule has 16 heavy (non-hydrogen) atoms. The number of halogens is 2. The van der Waals surface area contributed by atoms with E-state index in [-0.39, 0.29) is 0 Å². The van der Waals surface area contributed by atoms with E-state index in [1.54, 1.807) is 0 Å². The minimum Gasteiger partial charge on any atom is -0.397 e. The second kappa shape index (κ2) is 4.97. The number of amides is 1. The summed E-state index contributed by atoms with van der Waals surface area (Å²) in [5.74, 6) is -1.13. The molecule has 0 saturated heterocycles. The first-order chi connectivity index (χ1) is 7.34. The zero-order valence-corrected chi connectivity index (χ0v) is 11.9. The molecule has 0 aliphatic heterocycles. The molecule has 1 aromatic carbocycles. The third-order valence-electron chi connectivity index (χ3n) is 1.94. The molecule has 0 unspecified atom stereocenters. The highest BCUT2D eigenvalue weighted by atomic mass is 79.9. The van der Waals surface area contributed by atoms with Gasteiger partial charge in [-0.05, 0) is 44.0 Å². The summed E-state index contributed by atoms with van der Waals surface area (Å²) >= 11 is 6.44. The first-order valence-electron chi connectivity index (χ1n) is 4.35. The number of anilines is 1. The summed E-state index contributed by atoms with van der Waals surface area (Å²) in [7, 11) is 3.06. The zero-order chi connectivity index (χ0) is 12.5. The van der Waals surface area contributed by atoms with Gasteiger partial charge in [0.1, 0.15) is 0 Å². The Morgan fingerprint density at radius 1 is 1.19 bits per heavy atom. The second-order valence-electron chi connectivity index (χ2n) is 3.38. The van der Waals surface area contributed by atoms with Gasteiger partial charge in [0.25, 0.3) is 5.91 Å². The van der Waals surface area contributed by atoms with E-state index < -0.39 is 11.7 Å². The van der Waals surface area contributed by atoms with Crippen LogP contribution in [0.1, 0.15) is 10.4 Å². The van der Waals surface area contributed by atoms with Crippen molar-refractivity contribution < 1.29 is 9.59 Å². The van der Waals surface area contributed by atoms with E-state index in [0.717, 1.165) is 0 Å². The molecule has 0 fully saturated rings. The first-order valence-corrected chi connectivity index (χ1v) is 5.93. The number of carbonyl (C=O) groups is 2. The molecule has 0 aliphatic rings. The Balaban J connectivity index is 3.16. The van der Waals surface area contributed by atoms with Gasteiger partial charge in [0.05, 0.1) is 5.69 Å². The van der Waals surface area contributed by atoms with E-state index in [1.165, 1.54) is 31.1 Å². The number of carbonyl (C=O) groups excluding carboxylic acids is 2. The summed E-state index contributed by atoms with van der Waals surface area (Å²) in [5.41, 5.74) is 6.48. The molecule has 6 heteroatoms. The average Bonchev–Trinajstić information content (AvgIpc) is 2.22. The molecule has 1 rings (SSSR count). The van der Waals surface area contributed by atoms with E-state index in [9.17, 15) is 9.59 Å². The highest BCUT2D eigenvalue weighted by Gasteiger charge is 2.19. The molecule has 0 spiro atoms. The second-order valence-corrected chi connectivity index (χ2v) is 5.09. The van der Waals surface area contributed by atoms with Crippen LogP contribution in [0.3, 0.4) is 0 Å². The van der Waals surface area contributed by atoms with Gasteiger partial charge in [-0.3, -0.25) is 9.59 Å². The van der Waals surface area contributed by atoms with Crippen molar-refractivity contribution in [3.05, 3.63) is 26.6 Å². The lowest BCUT2D eigenvalue weighted by molar-refractivity contribution is -0.124. The van der Waals surface area contributed by atoms with Crippen LogP contribution in [0.25, 0.3) is 0 Å². The predicted octanol–water partition coefficient (Wildman–Crippen LogP) is 2.06. The lowest BCUT2D eigenvalue weighted by atomic mass is 10.1. The lowest BCUT2D eigenvalue weighted by Crippen LogP contribution is -2.29. The Labute approximate surface area is 110 Å². The quantitative estimate of drug-likeness (QED) is 0.505. The van der Waals surface area contributed by atoms with E-state index >= 15 is 0 Å². The third-order valence-corrected chi connectivity index (χ3v) is 3.25. The summed E-state index contributed by atoms with van der Waals surface area (Å²) in [5, 5.41) is 0. The van der Waals surface area contributed by atoms with Crippen molar-refractivity contribution in [1.82, 2.24) is 4.90 Å². The van der Waals surface area contributed by atoms with E-state index in [0.29, 0.717) is 20.2 Å². The van der Waals surface area contributed by atoms with E-state index in [1.807, 2.05) is 0 Å². The maximum absolute atomic E-state index is 11.7. The molecular formula is C10H10Br2N2O2. The van der Waals surface area contributed by atoms with Crippen LogP contribution in [0.5, 0.6) is 0 Å². The molecule has 0 aliphatic carbocycles. The molecule has 0 bridgehead atoms. The van der Waals surface area contributed by atoms with Gasteiger partial charge in [-0.2, -0.15) is 0 Å². The van der Waals surface area contributed by atoms with Crippen LogP contribution >= 0.6 is 31.9 Å². The number of ketones is 1. The van der Waals surface area contributed by atoms with Crippen LogP contribution < -0.4 is 5.73 Å². The van der Waals surface area contributed by atoms with Gasteiger partial charge in [0.2, 0.25) is 5.78 Å². The summed E-state index contributed by atoms with van der Waals surface area (Å²) in [6.07, 6.45) is 0. The maximum atomic E-state index is 11.7. The van der Waals surface area contributed by atoms with Gasteiger partial charge >= 0.3 is 0 Å². The Bertz CT molecular complexity index is 435. The van der Waals surface area contributed by atoms with Crippen molar-refractivity contribution in [1.29, 1.82) is 0 Å². The summed E-state index contributed by atoms with van der Waals surface area (Å²) in [6.45, 7) is 0. The zero-order valence-electron chi connectivity index (χ0n) is 8.75. The van der Waals surface area contributed by atoms with Gasteiger partial charge in [0.15, 0.2) is 0 Å². The molecule has 0 saturated carbocycles. The highest BCUT2D eigenvalue weighted by Crippen LogP contribution is 2.29. The van der Waals surface area contributed by atoms with Gasteiger partial charge in [-0.15, -0.1) is 0 Å². The Morgan fingerprint density at radius 2 is 1.62 bits per heavy atom. The Kier molecular flexibility index (Phi) is 4.09. The molecule has 4 nitrogen and oxygen atoms in total. The fourth-order valence-electron chi connectivity index (χ4n) is 1.04. The number of likely N-dealkylation sites (N-methyl/N-ethyl adjacent to an activating group) is 1. The van der Waals surface area contributed by atoms with Crippen LogP contribution in [0.4, 0.5) is 5.69 Å². The molecule has 0 atom stereocenters. The molecule has 1 aromatic rings. The highest BCUT2D eigenvalue weighted by molar-refractivity contribution is 9.11. The minimum atomic E-state index is -0.566. The monoisotopic (exact) mass is 348 g/mol. The summed E-state index contributed by atoms with van der Waals surface area (Å²) in [6, 6.07) is 3.06. The molecule has 0 radical (unpaired) electrons. The van der Waals surface area contributed by atoms with Gasteiger partial charge in [-0.25, -0.2) is 0 Å². The Hall–Kier alpha value is -0.880. The summed E-state index contributed by atoms with van der Waals surface area (Å²) in [4.78, 5) is 24.4. The fourth-order valence-corrected chi connectivity index (χ4v) is 2.23. The minimum absolute atomic E-state index is 0.298. The van der Waals surface area contributed by atoms with Crippen LogP contribution in [-0.2, 0) is 4.79 Å². The number of benzene rings is 1. The number of Topliss-reactive ketones (excluding diaryl/α,β-unsaturated/α-hetero) is 1. The standard InChI is InChI=1S/C10H10Br2N2O2/c1-14(2)10(16)9(15)5-3-6(11)8(13)7(12)4-5/h3-4H,13H2,1-2H3. The van der Waals surface area contributed by atoms with Gasteiger partial charge < -0.3 is 10.6 Å². The number of hydrogen-bond acceptors (Lipinski definition) is 3. The largest absolute Gasteiger partial charge is 0.397 e. The molecule has 0 heterocycles. The van der Waals surface area contributed by atoms with Crippen molar-refractivity contribution in [3.63, 3.8) is 0 Å².